The van der Waals surface area contributed by atoms with Crippen LogP contribution in [0.1, 0.15) is 23.7 Å². The van der Waals surface area contributed by atoms with Crippen LogP contribution in [-0.2, 0) is 4.74 Å². The van der Waals surface area contributed by atoms with E-state index in [0.29, 0.717) is 19.7 Å². The van der Waals surface area contributed by atoms with Crippen LogP contribution in [0.25, 0.3) is 0 Å². The van der Waals surface area contributed by atoms with Crippen LogP contribution in [0.4, 0.5) is 10.5 Å². The van der Waals surface area contributed by atoms with Gasteiger partial charge in [0.2, 0.25) is 0 Å². The number of phenols is 1. The van der Waals surface area contributed by atoms with Gasteiger partial charge in [0.15, 0.2) is 0 Å². The summed E-state index contributed by atoms with van der Waals surface area (Å²) < 4.78 is 5.49. The number of hydrogen-bond donors (Lipinski definition) is 3. The lowest BCUT2D eigenvalue weighted by atomic mass is 10.1. The van der Waals surface area contributed by atoms with E-state index in [2.05, 4.69) is 5.32 Å². The minimum Gasteiger partial charge on any atom is -0.508 e. The van der Waals surface area contributed by atoms with Crippen molar-refractivity contribution in [2.75, 3.05) is 25.0 Å². The first-order valence-electron chi connectivity index (χ1n) is 6.75. The van der Waals surface area contributed by atoms with E-state index in [1.165, 1.54) is 12.1 Å². The van der Waals surface area contributed by atoms with Gasteiger partial charge >= 0.3 is 12.0 Å². The normalized spacial score (nSPS) is 18.3. The molecular weight excluding hydrogens is 276 g/mol. The number of anilines is 1. The first-order valence-corrected chi connectivity index (χ1v) is 6.75. The molecule has 7 nitrogen and oxygen atoms in total. The van der Waals surface area contributed by atoms with Crippen LogP contribution < -0.4 is 5.32 Å². The van der Waals surface area contributed by atoms with Crippen molar-refractivity contribution in [3.63, 3.8) is 0 Å². The maximum atomic E-state index is 12.2. The maximum Gasteiger partial charge on any atom is 0.337 e. The summed E-state index contributed by atoms with van der Waals surface area (Å²) in [5, 5.41) is 21.0. The van der Waals surface area contributed by atoms with E-state index in [0.717, 1.165) is 12.5 Å². The zero-order chi connectivity index (χ0) is 15.4. The summed E-state index contributed by atoms with van der Waals surface area (Å²) in [6, 6.07) is 3.43. The third kappa shape index (κ3) is 3.63. The van der Waals surface area contributed by atoms with Crippen LogP contribution in [-0.4, -0.2) is 52.9 Å². The SMILES string of the molecule is CCC1CN(C(=O)Nc2ccc(O)cc2C(=O)O)CCO1. The quantitative estimate of drug-likeness (QED) is 0.737. The lowest BCUT2D eigenvalue weighted by Crippen LogP contribution is -2.47. The number of aromatic hydroxyl groups is 1. The Labute approximate surface area is 122 Å². The number of rotatable bonds is 3. The molecular formula is C14H18N2O5. The summed E-state index contributed by atoms with van der Waals surface area (Å²) in [6.45, 7) is 3.38. The average Bonchev–Trinajstić information content (AvgIpc) is 2.48. The molecule has 0 bridgehead atoms. The molecule has 1 aromatic rings. The van der Waals surface area contributed by atoms with Crippen molar-refractivity contribution < 1.29 is 24.5 Å². The van der Waals surface area contributed by atoms with E-state index in [9.17, 15) is 14.7 Å². The Balaban J connectivity index is 2.11. The minimum atomic E-state index is -1.21. The van der Waals surface area contributed by atoms with E-state index in [-0.39, 0.29) is 29.1 Å². The van der Waals surface area contributed by atoms with Crippen LogP contribution in [0.15, 0.2) is 18.2 Å². The van der Waals surface area contributed by atoms with Crippen LogP contribution in [0, 0.1) is 0 Å². The second-order valence-electron chi connectivity index (χ2n) is 4.81. The third-order valence-corrected chi connectivity index (χ3v) is 3.36. The molecule has 3 N–H and O–H groups in total. The molecule has 7 heteroatoms. The van der Waals surface area contributed by atoms with E-state index in [1.807, 2.05) is 6.92 Å². The number of carbonyl (C=O) groups excluding carboxylic acids is 1. The van der Waals surface area contributed by atoms with Crippen LogP contribution in [0.2, 0.25) is 0 Å². The van der Waals surface area contributed by atoms with Crippen molar-refractivity contribution in [2.45, 2.75) is 19.4 Å². The molecule has 0 radical (unpaired) electrons. The fourth-order valence-electron chi connectivity index (χ4n) is 2.16. The number of aromatic carboxylic acids is 1. The van der Waals surface area contributed by atoms with Gasteiger partial charge in [-0.2, -0.15) is 0 Å². The largest absolute Gasteiger partial charge is 0.508 e. The molecule has 1 aromatic carbocycles. The number of nitrogens with one attached hydrogen (secondary N) is 1. The van der Waals surface area contributed by atoms with Crippen molar-refractivity contribution in [3.8, 4) is 5.75 Å². The zero-order valence-corrected chi connectivity index (χ0v) is 11.7. The summed E-state index contributed by atoms with van der Waals surface area (Å²) >= 11 is 0. The number of nitrogens with zero attached hydrogens (tertiary/aromatic N) is 1. The number of carboxylic acid groups (broad SMARTS) is 1. The lowest BCUT2D eigenvalue weighted by molar-refractivity contribution is -0.0134. The standard InChI is InChI=1S/C14H18N2O5/c1-2-10-8-16(5-6-21-10)14(20)15-12-4-3-9(17)7-11(12)13(18)19/h3-4,7,10,17H,2,5-6,8H2,1H3,(H,15,20)(H,18,19). The van der Waals surface area contributed by atoms with E-state index in [1.54, 1.807) is 4.90 Å². The van der Waals surface area contributed by atoms with Gasteiger partial charge in [-0.25, -0.2) is 9.59 Å². The number of phenolic OH excluding ortho intramolecular Hbond substituents is 1. The Hall–Kier alpha value is -2.28. The van der Waals surface area contributed by atoms with Gasteiger partial charge in [-0.15, -0.1) is 0 Å². The number of carbonyl (C=O) groups is 2. The Kier molecular flexibility index (Phi) is 4.64. The second-order valence-corrected chi connectivity index (χ2v) is 4.81. The topological polar surface area (TPSA) is 99.1 Å². The van der Waals surface area contributed by atoms with Crippen LogP contribution >= 0.6 is 0 Å². The molecule has 0 saturated carbocycles. The maximum absolute atomic E-state index is 12.2. The Bertz CT molecular complexity index is 546. The van der Waals surface area contributed by atoms with Gasteiger partial charge in [0.25, 0.3) is 0 Å². The summed E-state index contributed by atoms with van der Waals surface area (Å²) in [4.78, 5) is 24.9. The number of ether oxygens (including phenoxy) is 1. The first-order chi connectivity index (χ1) is 10.0. The number of hydrogen-bond acceptors (Lipinski definition) is 4. The molecule has 0 aromatic heterocycles. The summed E-state index contributed by atoms with van der Waals surface area (Å²) in [5.41, 5.74) is 0.00786. The highest BCUT2D eigenvalue weighted by atomic mass is 16.5. The highest BCUT2D eigenvalue weighted by molar-refractivity contribution is 6.00. The molecule has 2 rings (SSSR count). The van der Waals surface area contributed by atoms with Gasteiger partial charge in [-0.05, 0) is 24.6 Å². The predicted octanol–water partition coefficient (Wildman–Crippen LogP) is 1.73. The van der Waals surface area contributed by atoms with Gasteiger partial charge in [0, 0.05) is 13.1 Å². The lowest BCUT2D eigenvalue weighted by Gasteiger charge is -2.32. The molecule has 114 valence electrons. The fraction of sp³-hybridized carbons (Fsp3) is 0.429. The predicted molar refractivity (Wildman–Crippen MR) is 75.7 cm³/mol. The van der Waals surface area contributed by atoms with Crippen molar-refractivity contribution >= 4 is 17.7 Å². The van der Waals surface area contributed by atoms with Crippen LogP contribution in [0.3, 0.4) is 0 Å². The zero-order valence-electron chi connectivity index (χ0n) is 11.7. The van der Waals surface area contributed by atoms with Gasteiger partial charge in [-0.1, -0.05) is 6.92 Å². The molecule has 1 unspecified atom stereocenters. The smallest absolute Gasteiger partial charge is 0.337 e. The number of benzene rings is 1. The molecule has 0 spiro atoms. The number of urea groups is 1. The van der Waals surface area contributed by atoms with Crippen molar-refractivity contribution in [1.82, 2.24) is 4.90 Å². The van der Waals surface area contributed by atoms with E-state index in [4.69, 9.17) is 9.84 Å². The molecule has 0 aliphatic carbocycles. The number of morpholine rings is 1. The molecule has 2 amide bonds. The third-order valence-electron chi connectivity index (χ3n) is 3.36. The summed E-state index contributed by atoms with van der Waals surface area (Å²) in [6.07, 6.45) is 0.812. The minimum absolute atomic E-state index is 0.00302. The molecule has 1 saturated heterocycles. The molecule has 1 atom stereocenters. The van der Waals surface area contributed by atoms with Gasteiger partial charge in [0.05, 0.1) is 24.0 Å². The molecule has 1 fully saturated rings. The molecule has 1 aliphatic rings. The van der Waals surface area contributed by atoms with Gasteiger partial charge < -0.3 is 25.2 Å². The fourth-order valence-corrected chi connectivity index (χ4v) is 2.16. The summed E-state index contributed by atoms with van der Waals surface area (Å²) in [7, 11) is 0. The number of carboxylic acids is 1. The summed E-state index contributed by atoms with van der Waals surface area (Å²) in [5.74, 6) is -1.38. The van der Waals surface area contributed by atoms with Crippen molar-refractivity contribution in [1.29, 1.82) is 0 Å². The van der Waals surface area contributed by atoms with Gasteiger partial charge in [0.1, 0.15) is 5.75 Å². The molecule has 21 heavy (non-hydrogen) atoms. The van der Waals surface area contributed by atoms with Crippen molar-refractivity contribution in [3.05, 3.63) is 23.8 Å². The Morgan fingerprint density at radius 1 is 1.48 bits per heavy atom. The van der Waals surface area contributed by atoms with E-state index < -0.39 is 5.97 Å². The van der Waals surface area contributed by atoms with Gasteiger partial charge in [-0.3, -0.25) is 0 Å². The first kappa shape index (κ1) is 15.1. The monoisotopic (exact) mass is 294 g/mol. The molecule has 1 heterocycles. The highest BCUT2D eigenvalue weighted by Gasteiger charge is 2.24. The highest BCUT2D eigenvalue weighted by Crippen LogP contribution is 2.22. The Morgan fingerprint density at radius 3 is 2.90 bits per heavy atom. The van der Waals surface area contributed by atoms with E-state index >= 15 is 0 Å². The molecule has 1 aliphatic heterocycles. The van der Waals surface area contributed by atoms with Crippen molar-refractivity contribution in [2.24, 2.45) is 0 Å². The Morgan fingerprint density at radius 2 is 2.24 bits per heavy atom. The number of amides is 2. The second kappa shape index (κ2) is 6.45. The average molecular weight is 294 g/mol. The van der Waals surface area contributed by atoms with Crippen LogP contribution in [0.5, 0.6) is 5.75 Å².